The fourth-order valence-corrected chi connectivity index (χ4v) is 2.53. The average molecular weight is 333 g/mol. The molecular weight excluding hydrogens is 318 g/mol. The number of allylic oxidation sites excluding steroid dienone is 1. The Bertz CT molecular complexity index is 968. The summed E-state index contributed by atoms with van der Waals surface area (Å²) in [5.41, 5.74) is 3.87. The molecule has 0 amide bonds. The summed E-state index contributed by atoms with van der Waals surface area (Å²) >= 11 is 0. The van der Waals surface area contributed by atoms with E-state index in [2.05, 4.69) is 16.0 Å². The largest absolute Gasteiger partial charge is 0.480 e. The van der Waals surface area contributed by atoms with Crippen molar-refractivity contribution in [3.8, 4) is 6.07 Å². The fraction of sp³-hybridized carbons (Fsp3) is 0.105. The number of ether oxygens (including phenoxy) is 1. The van der Waals surface area contributed by atoms with Crippen LogP contribution >= 0.6 is 0 Å². The van der Waals surface area contributed by atoms with Gasteiger partial charge < -0.3 is 14.8 Å². The zero-order valence-corrected chi connectivity index (χ0v) is 13.3. The summed E-state index contributed by atoms with van der Waals surface area (Å²) < 4.78 is 5.13. The normalized spacial score (nSPS) is 11.4. The predicted molar refractivity (Wildman–Crippen MR) is 93.3 cm³/mol. The molecule has 0 bridgehead atoms. The number of nitriles is 1. The van der Waals surface area contributed by atoms with Crippen LogP contribution in [0, 0.1) is 11.3 Å². The number of aromatic amines is 1. The van der Waals surface area contributed by atoms with Crippen LogP contribution in [0.3, 0.4) is 0 Å². The van der Waals surface area contributed by atoms with Gasteiger partial charge in [-0.15, -0.1) is 0 Å². The lowest BCUT2D eigenvalue weighted by atomic mass is 10.0. The highest BCUT2D eigenvalue weighted by atomic mass is 16.5. The van der Waals surface area contributed by atoms with Gasteiger partial charge in [-0.2, -0.15) is 5.26 Å². The minimum atomic E-state index is -1.01. The Balaban J connectivity index is 1.94. The van der Waals surface area contributed by atoms with E-state index >= 15 is 0 Å². The van der Waals surface area contributed by atoms with Crippen molar-refractivity contribution in [1.29, 1.82) is 5.26 Å². The molecule has 0 fully saturated rings. The summed E-state index contributed by atoms with van der Waals surface area (Å²) in [6.45, 7) is -0.149. The lowest BCUT2D eigenvalue weighted by Gasteiger charge is -2.03. The summed E-state index contributed by atoms with van der Waals surface area (Å²) in [6.07, 6.45) is 6.94. The Kier molecular flexibility index (Phi) is 4.88. The number of aliphatic carboxylic acids is 1. The van der Waals surface area contributed by atoms with E-state index in [9.17, 15) is 10.1 Å². The number of aromatic nitrogens is 2. The van der Waals surface area contributed by atoms with Gasteiger partial charge in [-0.3, -0.25) is 4.98 Å². The first-order valence-corrected chi connectivity index (χ1v) is 7.59. The van der Waals surface area contributed by atoms with Gasteiger partial charge in [0.25, 0.3) is 0 Å². The fourth-order valence-electron chi connectivity index (χ4n) is 2.53. The van der Waals surface area contributed by atoms with Crippen molar-refractivity contribution < 1.29 is 14.6 Å². The van der Waals surface area contributed by atoms with Gasteiger partial charge in [0.05, 0.1) is 18.2 Å². The van der Waals surface area contributed by atoms with Gasteiger partial charge in [-0.1, -0.05) is 12.1 Å². The average Bonchev–Trinajstić information content (AvgIpc) is 3.03. The predicted octanol–water partition coefficient (Wildman–Crippen LogP) is 3.23. The molecule has 2 N–H and O–H groups in total. The van der Waals surface area contributed by atoms with Gasteiger partial charge in [-0.25, -0.2) is 4.79 Å². The standard InChI is InChI=1S/C19H15N3O3/c20-8-15(6-13-2-1-5-21-9-13)17-10-22-18-4-3-14(7-16(17)18)11-25-12-19(23)24/h1-7,9-10,22H,11-12H2,(H,23,24)/b15-6+. The topological polar surface area (TPSA) is 99.0 Å². The zero-order valence-electron chi connectivity index (χ0n) is 13.3. The molecule has 0 spiro atoms. The van der Waals surface area contributed by atoms with Crippen LogP contribution in [0.5, 0.6) is 0 Å². The monoisotopic (exact) mass is 333 g/mol. The van der Waals surface area contributed by atoms with Gasteiger partial charge in [-0.05, 0) is 35.4 Å². The Morgan fingerprint density at radius 3 is 3.00 bits per heavy atom. The van der Waals surface area contributed by atoms with Crippen LogP contribution < -0.4 is 0 Å². The maximum absolute atomic E-state index is 10.5. The zero-order chi connectivity index (χ0) is 17.6. The van der Waals surface area contributed by atoms with Crippen molar-refractivity contribution in [3.63, 3.8) is 0 Å². The van der Waals surface area contributed by atoms with E-state index in [0.29, 0.717) is 5.57 Å². The number of hydrogen-bond donors (Lipinski definition) is 2. The van der Waals surface area contributed by atoms with Crippen LogP contribution in [0.25, 0.3) is 22.6 Å². The Hall–Kier alpha value is -3.43. The summed E-state index contributed by atoms with van der Waals surface area (Å²) in [5, 5.41) is 19.1. The van der Waals surface area contributed by atoms with Crippen molar-refractivity contribution in [3.05, 3.63) is 65.6 Å². The van der Waals surface area contributed by atoms with Crippen LogP contribution in [-0.2, 0) is 16.1 Å². The van der Waals surface area contributed by atoms with E-state index in [4.69, 9.17) is 9.84 Å². The minimum absolute atomic E-state index is 0.196. The van der Waals surface area contributed by atoms with Crippen molar-refractivity contribution in [2.45, 2.75) is 6.61 Å². The lowest BCUT2D eigenvalue weighted by Crippen LogP contribution is -2.06. The molecule has 0 radical (unpaired) electrons. The molecule has 1 aromatic carbocycles. The number of rotatable bonds is 6. The molecule has 3 aromatic rings. The van der Waals surface area contributed by atoms with Crippen LogP contribution in [-0.4, -0.2) is 27.7 Å². The Labute approximate surface area is 144 Å². The number of carboxylic acids is 1. The summed E-state index contributed by atoms with van der Waals surface area (Å²) in [4.78, 5) is 17.7. The molecule has 2 aromatic heterocycles. The highest BCUT2D eigenvalue weighted by molar-refractivity contribution is 6.01. The third kappa shape index (κ3) is 3.91. The van der Waals surface area contributed by atoms with Crippen LogP contribution in [0.15, 0.2) is 48.9 Å². The van der Waals surface area contributed by atoms with E-state index in [0.717, 1.165) is 27.6 Å². The second-order valence-electron chi connectivity index (χ2n) is 5.42. The second kappa shape index (κ2) is 7.43. The van der Waals surface area contributed by atoms with E-state index in [1.165, 1.54) is 0 Å². The van der Waals surface area contributed by atoms with E-state index in [1.54, 1.807) is 24.7 Å². The Morgan fingerprint density at radius 1 is 1.40 bits per heavy atom. The van der Waals surface area contributed by atoms with Gasteiger partial charge in [0.2, 0.25) is 0 Å². The third-order valence-corrected chi connectivity index (χ3v) is 3.65. The number of benzene rings is 1. The highest BCUT2D eigenvalue weighted by Crippen LogP contribution is 2.27. The van der Waals surface area contributed by atoms with Gasteiger partial charge in [0, 0.05) is 35.1 Å². The molecule has 0 saturated heterocycles. The van der Waals surface area contributed by atoms with E-state index < -0.39 is 5.97 Å². The molecule has 25 heavy (non-hydrogen) atoms. The second-order valence-corrected chi connectivity index (χ2v) is 5.42. The molecule has 6 nitrogen and oxygen atoms in total. The molecule has 0 atom stereocenters. The van der Waals surface area contributed by atoms with Crippen LogP contribution in [0.4, 0.5) is 0 Å². The summed E-state index contributed by atoms with van der Waals surface area (Å²) in [6, 6.07) is 11.6. The van der Waals surface area contributed by atoms with E-state index in [-0.39, 0.29) is 13.2 Å². The molecule has 6 heteroatoms. The molecule has 2 heterocycles. The number of carbonyl (C=O) groups is 1. The van der Waals surface area contributed by atoms with Crippen molar-refractivity contribution in [1.82, 2.24) is 9.97 Å². The molecule has 3 rings (SSSR count). The first-order chi connectivity index (χ1) is 12.2. The third-order valence-electron chi connectivity index (χ3n) is 3.65. The minimum Gasteiger partial charge on any atom is -0.480 e. The Morgan fingerprint density at radius 2 is 2.28 bits per heavy atom. The van der Waals surface area contributed by atoms with Crippen molar-refractivity contribution >= 4 is 28.5 Å². The molecule has 0 aliphatic heterocycles. The quantitative estimate of drug-likeness (QED) is 0.675. The molecule has 0 aliphatic rings. The van der Waals surface area contributed by atoms with Crippen LogP contribution in [0.2, 0.25) is 0 Å². The molecular formula is C19H15N3O3. The number of H-pyrrole nitrogens is 1. The van der Waals surface area contributed by atoms with Gasteiger partial charge >= 0.3 is 5.97 Å². The van der Waals surface area contributed by atoms with Crippen LogP contribution in [0.1, 0.15) is 16.7 Å². The number of nitrogens with one attached hydrogen (secondary N) is 1. The smallest absolute Gasteiger partial charge is 0.329 e. The molecule has 124 valence electrons. The first kappa shape index (κ1) is 16.4. The van der Waals surface area contributed by atoms with Gasteiger partial charge in [0.1, 0.15) is 6.61 Å². The number of hydrogen-bond acceptors (Lipinski definition) is 4. The highest BCUT2D eigenvalue weighted by Gasteiger charge is 2.10. The molecule has 0 saturated carbocycles. The van der Waals surface area contributed by atoms with E-state index in [1.807, 2.05) is 30.3 Å². The lowest BCUT2D eigenvalue weighted by molar-refractivity contribution is -0.142. The first-order valence-electron chi connectivity index (χ1n) is 7.59. The number of pyridine rings is 1. The SMILES string of the molecule is N#C/C(=C\c1cccnc1)c1c[nH]c2ccc(COCC(=O)O)cc12. The number of fused-ring (bicyclic) bond motifs is 1. The summed E-state index contributed by atoms with van der Waals surface area (Å²) in [7, 11) is 0. The maximum atomic E-state index is 10.5. The summed E-state index contributed by atoms with van der Waals surface area (Å²) in [5.74, 6) is -1.01. The molecule has 0 aliphatic carbocycles. The maximum Gasteiger partial charge on any atom is 0.329 e. The molecule has 0 unspecified atom stereocenters. The number of carboxylic acid groups (broad SMARTS) is 1. The number of nitrogens with zero attached hydrogens (tertiary/aromatic N) is 2. The van der Waals surface area contributed by atoms with Crippen molar-refractivity contribution in [2.24, 2.45) is 0 Å². The van der Waals surface area contributed by atoms with Crippen molar-refractivity contribution in [2.75, 3.05) is 6.61 Å². The van der Waals surface area contributed by atoms with Gasteiger partial charge in [0.15, 0.2) is 0 Å².